The van der Waals surface area contributed by atoms with Gasteiger partial charge in [0.25, 0.3) is 0 Å². The van der Waals surface area contributed by atoms with Crippen molar-refractivity contribution in [2.45, 2.75) is 39.0 Å². The second kappa shape index (κ2) is 5.42. The van der Waals surface area contributed by atoms with Crippen LogP contribution in [0, 0.1) is 0 Å². The Hall–Kier alpha value is 0.0800. The maximum atomic E-state index is 6.19. The van der Waals surface area contributed by atoms with E-state index < -0.39 is 0 Å². The number of nitrogens with zero attached hydrogens (tertiary/aromatic N) is 1. The highest BCUT2D eigenvalue weighted by Gasteiger charge is 2.16. The van der Waals surface area contributed by atoms with Crippen molar-refractivity contribution in [2.75, 3.05) is 13.1 Å². The van der Waals surface area contributed by atoms with Gasteiger partial charge < -0.3 is 0 Å². The molecule has 2 rings (SSSR count). The zero-order valence-corrected chi connectivity index (χ0v) is 10.8. The molecule has 0 aromatic heterocycles. The van der Waals surface area contributed by atoms with Gasteiger partial charge in [0.15, 0.2) is 0 Å². The number of hydrogen-bond donors (Lipinski definition) is 0. The third-order valence-electron chi connectivity index (χ3n) is 3.01. The number of allylic oxidation sites excluding steroid dienone is 3. The minimum Gasteiger partial charge on any atom is -0.246 e. The first-order valence-corrected chi connectivity index (χ1v) is 6.91. The Kier molecular flexibility index (Phi) is 4.18. The normalized spacial score (nSPS) is 24.3. The standard InChI is InChI=1S/C12H18ClNS/c1-10-11(13)6-5-7-12(10)15-14-8-3-2-4-9-14/h7H,2-6,8-9H2,1H3. The topological polar surface area (TPSA) is 3.24 Å². The summed E-state index contributed by atoms with van der Waals surface area (Å²) < 4.78 is 2.48. The van der Waals surface area contributed by atoms with Crippen LogP contribution in [0.3, 0.4) is 0 Å². The third-order valence-corrected chi connectivity index (χ3v) is 4.78. The van der Waals surface area contributed by atoms with Crippen LogP contribution in [0.2, 0.25) is 0 Å². The number of halogens is 1. The molecule has 84 valence electrons. The van der Waals surface area contributed by atoms with Crippen molar-refractivity contribution in [1.82, 2.24) is 4.31 Å². The lowest BCUT2D eigenvalue weighted by Crippen LogP contribution is -2.23. The van der Waals surface area contributed by atoms with E-state index in [1.54, 1.807) is 0 Å². The first kappa shape index (κ1) is 11.6. The van der Waals surface area contributed by atoms with Crippen LogP contribution in [0.25, 0.3) is 0 Å². The first-order valence-electron chi connectivity index (χ1n) is 5.76. The molecular weight excluding hydrogens is 226 g/mol. The van der Waals surface area contributed by atoms with E-state index >= 15 is 0 Å². The number of hydrogen-bond acceptors (Lipinski definition) is 2. The lowest BCUT2D eigenvalue weighted by atomic mass is 10.1. The van der Waals surface area contributed by atoms with Gasteiger partial charge in [-0.05, 0) is 50.1 Å². The summed E-state index contributed by atoms with van der Waals surface area (Å²) in [6, 6.07) is 0. The smallest absolute Gasteiger partial charge is 0.0231 e. The molecule has 0 aromatic carbocycles. The van der Waals surface area contributed by atoms with Gasteiger partial charge in [0.1, 0.15) is 0 Å². The average Bonchev–Trinajstić information content (AvgIpc) is 2.26. The molecule has 0 spiro atoms. The summed E-state index contributed by atoms with van der Waals surface area (Å²) in [5, 5.41) is 1.05. The second-order valence-corrected chi connectivity index (χ2v) is 5.81. The summed E-state index contributed by atoms with van der Waals surface area (Å²) in [5.74, 6) is 0. The highest BCUT2D eigenvalue weighted by molar-refractivity contribution is 8.01. The number of rotatable bonds is 2. The minimum atomic E-state index is 1.03. The summed E-state index contributed by atoms with van der Waals surface area (Å²) in [7, 11) is 0. The van der Waals surface area contributed by atoms with Crippen LogP contribution in [-0.2, 0) is 0 Å². The molecule has 0 N–H and O–H groups in total. The summed E-state index contributed by atoms with van der Waals surface area (Å²) >= 11 is 8.09. The maximum Gasteiger partial charge on any atom is 0.0231 e. The Morgan fingerprint density at radius 3 is 2.73 bits per heavy atom. The van der Waals surface area contributed by atoms with Crippen LogP contribution in [0.1, 0.15) is 39.0 Å². The third kappa shape index (κ3) is 3.02. The van der Waals surface area contributed by atoms with Crippen LogP contribution >= 0.6 is 23.5 Å². The lowest BCUT2D eigenvalue weighted by molar-refractivity contribution is 0.382. The molecule has 2 aliphatic rings. The largest absolute Gasteiger partial charge is 0.246 e. The van der Waals surface area contributed by atoms with Crippen LogP contribution in [0.15, 0.2) is 21.6 Å². The molecule has 1 aliphatic heterocycles. The molecule has 1 nitrogen and oxygen atoms in total. The fourth-order valence-electron chi connectivity index (χ4n) is 2.01. The van der Waals surface area contributed by atoms with Crippen molar-refractivity contribution in [2.24, 2.45) is 0 Å². The van der Waals surface area contributed by atoms with Gasteiger partial charge in [-0.15, -0.1) is 0 Å². The van der Waals surface area contributed by atoms with E-state index in [0.717, 1.165) is 17.9 Å². The van der Waals surface area contributed by atoms with E-state index in [-0.39, 0.29) is 0 Å². The molecule has 0 amide bonds. The van der Waals surface area contributed by atoms with Gasteiger partial charge >= 0.3 is 0 Å². The van der Waals surface area contributed by atoms with E-state index in [9.17, 15) is 0 Å². The maximum absolute atomic E-state index is 6.19. The Labute approximate surface area is 102 Å². The highest BCUT2D eigenvalue weighted by atomic mass is 35.5. The monoisotopic (exact) mass is 243 g/mol. The van der Waals surface area contributed by atoms with Crippen molar-refractivity contribution in [1.29, 1.82) is 0 Å². The molecule has 0 saturated carbocycles. The predicted octanol–water partition coefficient (Wildman–Crippen LogP) is 4.31. The summed E-state index contributed by atoms with van der Waals surface area (Å²) in [5.41, 5.74) is 1.29. The minimum absolute atomic E-state index is 1.03. The summed E-state index contributed by atoms with van der Waals surface area (Å²) in [6.07, 6.45) is 8.55. The molecule has 0 aromatic rings. The number of piperidine rings is 1. The van der Waals surface area contributed by atoms with E-state index in [4.69, 9.17) is 11.6 Å². The van der Waals surface area contributed by atoms with Gasteiger partial charge in [0.2, 0.25) is 0 Å². The summed E-state index contributed by atoms with van der Waals surface area (Å²) in [6.45, 7) is 4.60. The molecule has 15 heavy (non-hydrogen) atoms. The molecule has 0 radical (unpaired) electrons. The molecule has 0 bridgehead atoms. The van der Waals surface area contributed by atoms with Crippen LogP contribution < -0.4 is 0 Å². The molecule has 0 atom stereocenters. The van der Waals surface area contributed by atoms with Gasteiger partial charge in [0, 0.05) is 23.0 Å². The predicted molar refractivity (Wildman–Crippen MR) is 68.9 cm³/mol. The molecule has 1 heterocycles. The average molecular weight is 244 g/mol. The Bertz CT molecular complexity index is 290. The Morgan fingerprint density at radius 2 is 2.00 bits per heavy atom. The SMILES string of the molecule is CC1=C(Cl)CCC=C1SN1CCCCC1. The molecule has 1 saturated heterocycles. The summed E-state index contributed by atoms with van der Waals surface area (Å²) in [4.78, 5) is 1.38. The van der Waals surface area contributed by atoms with Crippen LogP contribution in [0.5, 0.6) is 0 Å². The fraction of sp³-hybridized carbons (Fsp3) is 0.667. The lowest BCUT2D eigenvalue weighted by Gasteiger charge is -2.27. The van der Waals surface area contributed by atoms with Crippen LogP contribution in [-0.4, -0.2) is 17.4 Å². The van der Waals surface area contributed by atoms with Crippen LogP contribution in [0.4, 0.5) is 0 Å². The molecular formula is C12H18ClNS. The molecule has 1 aliphatic carbocycles. The van der Waals surface area contributed by atoms with Gasteiger partial charge in [-0.25, -0.2) is 4.31 Å². The quantitative estimate of drug-likeness (QED) is 0.665. The van der Waals surface area contributed by atoms with Gasteiger partial charge in [-0.3, -0.25) is 0 Å². The van der Waals surface area contributed by atoms with Crippen molar-refractivity contribution in [3.63, 3.8) is 0 Å². The Morgan fingerprint density at radius 1 is 1.27 bits per heavy atom. The van der Waals surface area contributed by atoms with Crippen molar-refractivity contribution in [3.05, 3.63) is 21.6 Å². The zero-order chi connectivity index (χ0) is 10.7. The van der Waals surface area contributed by atoms with Gasteiger partial charge in [-0.1, -0.05) is 24.1 Å². The van der Waals surface area contributed by atoms with Gasteiger partial charge in [-0.2, -0.15) is 0 Å². The first-order chi connectivity index (χ1) is 7.27. The van der Waals surface area contributed by atoms with E-state index in [0.29, 0.717) is 0 Å². The molecule has 3 heteroatoms. The van der Waals surface area contributed by atoms with Crippen molar-refractivity contribution < 1.29 is 0 Å². The zero-order valence-electron chi connectivity index (χ0n) is 9.26. The fourth-order valence-corrected chi connectivity index (χ4v) is 3.44. The molecule has 1 fully saturated rings. The van der Waals surface area contributed by atoms with E-state index in [1.807, 2.05) is 11.9 Å². The molecule has 0 unspecified atom stereocenters. The van der Waals surface area contributed by atoms with Crippen molar-refractivity contribution >= 4 is 23.5 Å². The second-order valence-electron chi connectivity index (χ2n) is 4.22. The van der Waals surface area contributed by atoms with Gasteiger partial charge in [0.05, 0.1) is 0 Å². The van der Waals surface area contributed by atoms with E-state index in [1.165, 1.54) is 42.8 Å². The van der Waals surface area contributed by atoms with E-state index in [2.05, 4.69) is 17.3 Å². The van der Waals surface area contributed by atoms with Crippen molar-refractivity contribution in [3.8, 4) is 0 Å². The highest BCUT2D eigenvalue weighted by Crippen LogP contribution is 2.36. The Balaban J connectivity index is 1.96.